The van der Waals surface area contributed by atoms with E-state index in [0.717, 1.165) is 42.9 Å². The summed E-state index contributed by atoms with van der Waals surface area (Å²) >= 11 is 0. The molecule has 0 N–H and O–H groups in total. The van der Waals surface area contributed by atoms with Crippen molar-refractivity contribution >= 4 is 29.7 Å². The molecule has 3 amide bonds. The Morgan fingerprint density at radius 1 is 1.00 bits per heavy atom. The Morgan fingerprint density at radius 3 is 2.20 bits per heavy atom. The van der Waals surface area contributed by atoms with Crippen molar-refractivity contribution in [2.75, 3.05) is 7.05 Å². The first-order chi connectivity index (χ1) is 14.4. The average Bonchev–Trinajstić information content (AvgIpc) is 3.19. The fourth-order valence-electron chi connectivity index (χ4n) is 4.10. The third-order valence-electron chi connectivity index (χ3n) is 5.73. The topological polar surface area (TPSA) is 110 Å². The molecule has 1 unspecified atom stereocenters. The molecule has 0 spiro atoms. The summed E-state index contributed by atoms with van der Waals surface area (Å²) in [5.74, 6) is -1.65. The SMILES string of the molecule is CN(OC(=O)CC1[C@H]2CCC=CCC[C@@H]12)C(=O)CCCC(=O)ON1C(=O)C=CC1=O. The maximum atomic E-state index is 12.2. The van der Waals surface area contributed by atoms with Gasteiger partial charge in [0.15, 0.2) is 0 Å². The molecule has 3 aliphatic rings. The van der Waals surface area contributed by atoms with Gasteiger partial charge in [0.05, 0.1) is 6.42 Å². The van der Waals surface area contributed by atoms with Gasteiger partial charge in [0.25, 0.3) is 17.7 Å². The van der Waals surface area contributed by atoms with Crippen molar-refractivity contribution in [3.63, 3.8) is 0 Å². The number of carbonyl (C=O) groups is 5. The van der Waals surface area contributed by atoms with Gasteiger partial charge in [0.2, 0.25) is 0 Å². The molecule has 3 rings (SSSR count). The van der Waals surface area contributed by atoms with Gasteiger partial charge in [0, 0.05) is 32.0 Å². The molecule has 0 aromatic heterocycles. The lowest BCUT2D eigenvalue weighted by atomic mass is 10.1. The maximum absolute atomic E-state index is 12.2. The van der Waals surface area contributed by atoms with Gasteiger partial charge in [-0.15, -0.1) is 0 Å². The van der Waals surface area contributed by atoms with Crippen molar-refractivity contribution in [3.05, 3.63) is 24.3 Å². The molecule has 9 nitrogen and oxygen atoms in total. The molecule has 30 heavy (non-hydrogen) atoms. The number of nitrogens with zero attached hydrogens (tertiary/aromatic N) is 2. The largest absolute Gasteiger partial charge is 0.338 e. The molecular formula is C21H26N2O7. The monoisotopic (exact) mass is 418 g/mol. The van der Waals surface area contributed by atoms with Crippen LogP contribution < -0.4 is 0 Å². The number of amides is 3. The maximum Gasteiger partial charge on any atom is 0.333 e. The number of rotatable bonds is 7. The van der Waals surface area contributed by atoms with Gasteiger partial charge >= 0.3 is 11.9 Å². The summed E-state index contributed by atoms with van der Waals surface area (Å²) in [6.45, 7) is 0. The van der Waals surface area contributed by atoms with E-state index in [2.05, 4.69) is 17.0 Å². The summed E-state index contributed by atoms with van der Waals surface area (Å²) in [6.07, 6.45) is 10.9. The van der Waals surface area contributed by atoms with Crippen molar-refractivity contribution in [1.82, 2.24) is 10.1 Å². The molecule has 0 bridgehead atoms. The summed E-state index contributed by atoms with van der Waals surface area (Å²) < 4.78 is 0. The van der Waals surface area contributed by atoms with Gasteiger partial charge in [-0.05, 0) is 49.9 Å². The van der Waals surface area contributed by atoms with Crippen LogP contribution in [0.2, 0.25) is 0 Å². The van der Waals surface area contributed by atoms with E-state index in [4.69, 9.17) is 4.84 Å². The first-order valence-electron chi connectivity index (χ1n) is 10.3. The summed E-state index contributed by atoms with van der Waals surface area (Å²) in [5.41, 5.74) is 0. The summed E-state index contributed by atoms with van der Waals surface area (Å²) in [6, 6.07) is 0. The highest BCUT2D eigenvalue weighted by molar-refractivity contribution is 6.12. The quantitative estimate of drug-likeness (QED) is 0.352. The third-order valence-corrected chi connectivity index (χ3v) is 5.73. The van der Waals surface area contributed by atoms with Crippen LogP contribution in [-0.2, 0) is 33.6 Å². The molecule has 3 atom stereocenters. The zero-order valence-corrected chi connectivity index (χ0v) is 17.0. The van der Waals surface area contributed by atoms with E-state index in [-0.39, 0.29) is 19.3 Å². The first kappa shape index (κ1) is 21.7. The fraction of sp³-hybridized carbons (Fsp3) is 0.571. The van der Waals surface area contributed by atoms with Crippen LogP contribution in [0.15, 0.2) is 24.3 Å². The molecule has 0 saturated heterocycles. The highest BCUT2D eigenvalue weighted by Crippen LogP contribution is 2.54. The molecule has 0 aromatic carbocycles. The Morgan fingerprint density at radius 2 is 1.60 bits per heavy atom. The predicted molar refractivity (Wildman–Crippen MR) is 102 cm³/mol. The normalized spacial score (nSPS) is 24.7. The van der Waals surface area contributed by atoms with E-state index in [1.165, 1.54) is 7.05 Å². The van der Waals surface area contributed by atoms with E-state index < -0.39 is 29.7 Å². The van der Waals surface area contributed by atoms with Crippen molar-refractivity contribution in [2.45, 2.75) is 51.4 Å². The van der Waals surface area contributed by atoms with Crippen LogP contribution in [0.5, 0.6) is 0 Å². The minimum absolute atomic E-state index is 0.0423. The highest BCUT2D eigenvalue weighted by atomic mass is 16.7. The Balaban J connectivity index is 1.31. The number of imide groups is 1. The number of carbonyl (C=O) groups excluding carboxylic acids is 5. The molecule has 162 valence electrons. The molecule has 0 radical (unpaired) electrons. The molecule has 1 saturated carbocycles. The second-order valence-corrected chi connectivity index (χ2v) is 7.80. The van der Waals surface area contributed by atoms with Crippen LogP contribution in [0.3, 0.4) is 0 Å². The number of hydroxylamine groups is 4. The zero-order valence-electron chi connectivity index (χ0n) is 17.0. The molecule has 2 aliphatic carbocycles. The van der Waals surface area contributed by atoms with Crippen molar-refractivity contribution in [3.8, 4) is 0 Å². The lowest BCUT2D eigenvalue weighted by Gasteiger charge is -2.16. The van der Waals surface area contributed by atoms with Gasteiger partial charge in [-0.25, -0.2) is 9.59 Å². The molecule has 1 fully saturated rings. The van der Waals surface area contributed by atoms with Gasteiger partial charge < -0.3 is 9.68 Å². The Labute approximate surface area is 174 Å². The minimum Gasteiger partial charge on any atom is -0.338 e. The van der Waals surface area contributed by atoms with Crippen LogP contribution in [-0.4, -0.2) is 46.8 Å². The van der Waals surface area contributed by atoms with Gasteiger partial charge in [-0.1, -0.05) is 17.2 Å². The Kier molecular flexibility index (Phi) is 7.02. The fourth-order valence-corrected chi connectivity index (χ4v) is 4.10. The zero-order chi connectivity index (χ0) is 21.7. The average molecular weight is 418 g/mol. The first-order valence-corrected chi connectivity index (χ1v) is 10.3. The second-order valence-electron chi connectivity index (χ2n) is 7.80. The lowest BCUT2D eigenvalue weighted by molar-refractivity contribution is -0.196. The van der Waals surface area contributed by atoms with E-state index >= 15 is 0 Å². The lowest BCUT2D eigenvalue weighted by Crippen LogP contribution is -2.33. The number of allylic oxidation sites excluding steroid dienone is 2. The van der Waals surface area contributed by atoms with Crippen molar-refractivity contribution < 1.29 is 33.6 Å². The van der Waals surface area contributed by atoms with Crippen LogP contribution in [0.1, 0.15) is 51.4 Å². The molecular weight excluding hydrogens is 392 g/mol. The van der Waals surface area contributed by atoms with E-state index in [1.807, 2.05) is 0 Å². The van der Waals surface area contributed by atoms with Crippen LogP contribution >= 0.6 is 0 Å². The Bertz CT molecular complexity index is 754. The van der Waals surface area contributed by atoms with E-state index in [0.29, 0.717) is 29.2 Å². The predicted octanol–water partition coefficient (Wildman–Crippen LogP) is 1.84. The van der Waals surface area contributed by atoms with Crippen molar-refractivity contribution in [1.29, 1.82) is 0 Å². The van der Waals surface area contributed by atoms with Crippen LogP contribution in [0.4, 0.5) is 0 Å². The minimum atomic E-state index is -0.800. The third kappa shape index (κ3) is 5.55. The number of hydrogen-bond donors (Lipinski definition) is 0. The molecule has 1 heterocycles. The molecule has 1 aliphatic heterocycles. The number of hydrogen-bond acceptors (Lipinski definition) is 7. The van der Waals surface area contributed by atoms with Crippen LogP contribution in [0, 0.1) is 17.8 Å². The van der Waals surface area contributed by atoms with Gasteiger partial charge in [-0.3, -0.25) is 14.4 Å². The molecule has 9 heteroatoms. The highest BCUT2D eigenvalue weighted by Gasteiger charge is 2.49. The smallest absolute Gasteiger partial charge is 0.333 e. The summed E-state index contributed by atoms with van der Waals surface area (Å²) in [4.78, 5) is 68.4. The standard InChI is InChI=1S/C21H26N2O7/c1-22(29-21(28)13-16-14-7-4-2-3-5-8-15(14)16)17(24)9-6-10-20(27)30-23-18(25)11-12-19(23)26/h2-3,11-12,14-16H,4-10,13H2,1H3/t14-,15+,16?. The summed E-state index contributed by atoms with van der Waals surface area (Å²) in [7, 11) is 1.37. The van der Waals surface area contributed by atoms with Gasteiger partial charge in [-0.2, -0.15) is 5.06 Å². The van der Waals surface area contributed by atoms with Crippen molar-refractivity contribution in [2.24, 2.45) is 17.8 Å². The second kappa shape index (κ2) is 9.69. The molecule has 0 aromatic rings. The van der Waals surface area contributed by atoms with E-state index in [1.54, 1.807) is 0 Å². The number of fused-ring (bicyclic) bond motifs is 1. The Hall–Kier alpha value is -2.97. The van der Waals surface area contributed by atoms with Gasteiger partial charge in [0.1, 0.15) is 0 Å². The summed E-state index contributed by atoms with van der Waals surface area (Å²) in [5, 5.41) is 1.27. The van der Waals surface area contributed by atoms with Crippen LogP contribution in [0.25, 0.3) is 0 Å². The van der Waals surface area contributed by atoms with E-state index in [9.17, 15) is 24.0 Å².